The van der Waals surface area contributed by atoms with Crippen molar-refractivity contribution in [2.24, 2.45) is 0 Å². The average molecular weight is 575 g/mol. The number of hydrogen-bond donors (Lipinski definition) is 0. The summed E-state index contributed by atoms with van der Waals surface area (Å²) in [5.74, 6) is 0. The summed E-state index contributed by atoms with van der Waals surface area (Å²) >= 11 is 0. The maximum Gasteiger partial charge on any atom is 0.0886 e. The van der Waals surface area contributed by atoms with Gasteiger partial charge in [0.25, 0.3) is 0 Å². The van der Waals surface area contributed by atoms with E-state index in [2.05, 4.69) is 134 Å². The molecule has 0 aliphatic heterocycles. The van der Waals surface area contributed by atoms with Crippen LogP contribution in [0.5, 0.6) is 0 Å². The van der Waals surface area contributed by atoms with Crippen LogP contribution in [0.1, 0.15) is 25.0 Å². The fourth-order valence-electron chi connectivity index (χ4n) is 7.62. The van der Waals surface area contributed by atoms with Crippen LogP contribution < -0.4 is 0 Å². The Morgan fingerprint density at radius 1 is 0.444 bits per heavy atom. The molecule has 0 amide bonds. The highest BCUT2D eigenvalue weighted by Gasteiger charge is 2.36. The Hall–Kier alpha value is -5.60. The lowest BCUT2D eigenvalue weighted by molar-refractivity contribution is 0.661. The van der Waals surface area contributed by atoms with E-state index in [4.69, 9.17) is 4.98 Å². The quantitative estimate of drug-likeness (QED) is 0.196. The first kappa shape index (κ1) is 25.9. The van der Waals surface area contributed by atoms with E-state index in [9.17, 15) is 0 Å². The Morgan fingerprint density at radius 3 is 1.91 bits per heavy atom. The summed E-state index contributed by atoms with van der Waals surface area (Å²) in [4.78, 5) is 9.46. The SMILES string of the molecule is CC1(C)c2ccccc2-c2cc3c(-c4ccc(-c5ccccn5)nc4)c4ccccc4c(-c4cccc5ccccc45)c3cc21. The lowest BCUT2D eigenvalue weighted by Gasteiger charge is -2.24. The van der Waals surface area contributed by atoms with E-state index < -0.39 is 0 Å². The van der Waals surface area contributed by atoms with Crippen LogP contribution in [0.25, 0.3) is 77.1 Å². The van der Waals surface area contributed by atoms with E-state index >= 15 is 0 Å². The number of pyridine rings is 2. The van der Waals surface area contributed by atoms with Crippen molar-refractivity contribution < 1.29 is 0 Å². The number of aromatic nitrogens is 2. The number of benzene rings is 6. The molecule has 6 aromatic carbocycles. The van der Waals surface area contributed by atoms with Crippen molar-refractivity contribution in [3.05, 3.63) is 157 Å². The van der Waals surface area contributed by atoms with Crippen molar-refractivity contribution in [1.82, 2.24) is 9.97 Å². The Balaban J connectivity index is 1.43. The molecule has 0 fully saturated rings. The molecule has 0 bridgehead atoms. The van der Waals surface area contributed by atoms with E-state index in [1.807, 2.05) is 30.6 Å². The second-order valence-corrected chi connectivity index (χ2v) is 12.6. The van der Waals surface area contributed by atoms with Gasteiger partial charge in [0.1, 0.15) is 0 Å². The molecule has 8 aromatic rings. The molecule has 2 heteroatoms. The van der Waals surface area contributed by atoms with Gasteiger partial charge in [-0.05, 0) is 102 Å². The minimum Gasteiger partial charge on any atom is -0.255 e. The van der Waals surface area contributed by atoms with E-state index in [0.717, 1.165) is 17.0 Å². The van der Waals surface area contributed by atoms with Gasteiger partial charge in [0, 0.05) is 23.4 Å². The van der Waals surface area contributed by atoms with Crippen molar-refractivity contribution in [2.45, 2.75) is 19.3 Å². The fourth-order valence-corrected chi connectivity index (χ4v) is 7.62. The van der Waals surface area contributed by atoms with E-state index in [1.54, 1.807) is 0 Å². The smallest absolute Gasteiger partial charge is 0.0886 e. The van der Waals surface area contributed by atoms with Gasteiger partial charge in [0.2, 0.25) is 0 Å². The predicted molar refractivity (Wildman–Crippen MR) is 188 cm³/mol. The molecule has 2 aromatic heterocycles. The lowest BCUT2D eigenvalue weighted by atomic mass is 9.79. The Kier molecular flexibility index (Phi) is 5.58. The minimum absolute atomic E-state index is 0.103. The Morgan fingerprint density at radius 2 is 1.11 bits per heavy atom. The summed E-state index contributed by atoms with van der Waals surface area (Å²) in [5, 5.41) is 7.51. The number of rotatable bonds is 3. The molecule has 2 heterocycles. The maximum atomic E-state index is 4.93. The molecule has 0 N–H and O–H groups in total. The molecule has 212 valence electrons. The molecule has 1 aliphatic carbocycles. The van der Waals surface area contributed by atoms with E-state index in [-0.39, 0.29) is 5.41 Å². The van der Waals surface area contributed by atoms with Crippen molar-refractivity contribution in [3.8, 4) is 44.8 Å². The number of nitrogens with zero attached hydrogens (tertiary/aromatic N) is 2. The van der Waals surface area contributed by atoms with Gasteiger partial charge in [-0.25, -0.2) is 0 Å². The van der Waals surface area contributed by atoms with Gasteiger partial charge in [-0.15, -0.1) is 0 Å². The molecule has 2 nitrogen and oxygen atoms in total. The molecule has 0 saturated heterocycles. The Bertz CT molecular complexity index is 2430. The maximum absolute atomic E-state index is 4.93. The van der Waals surface area contributed by atoms with E-state index in [1.165, 1.54) is 71.3 Å². The molecule has 45 heavy (non-hydrogen) atoms. The molecular formula is C43H30N2. The minimum atomic E-state index is -0.103. The van der Waals surface area contributed by atoms with Gasteiger partial charge < -0.3 is 0 Å². The average Bonchev–Trinajstić information content (AvgIpc) is 3.32. The summed E-state index contributed by atoms with van der Waals surface area (Å²) in [6, 6.07) is 48.5. The van der Waals surface area contributed by atoms with Crippen molar-refractivity contribution in [2.75, 3.05) is 0 Å². The van der Waals surface area contributed by atoms with Crippen LogP contribution in [-0.2, 0) is 5.41 Å². The summed E-state index contributed by atoms with van der Waals surface area (Å²) < 4.78 is 0. The second kappa shape index (κ2) is 9.70. The molecule has 0 spiro atoms. The van der Waals surface area contributed by atoms with Gasteiger partial charge in [-0.2, -0.15) is 0 Å². The molecule has 1 aliphatic rings. The summed E-state index contributed by atoms with van der Waals surface area (Å²) in [6.45, 7) is 4.73. The molecule has 9 rings (SSSR count). The first-order valence-electron chi connectivity index (χ1n) is 15.6. The van der Waals surface area contributed by atoms with Gasteiger partial charge in [-0.3, -0.25) is 9.97 Å². The topological polar surface area (TPSA) is 25.8 Å². The van der Waals surface area contributed by atoms with Crippen LogP contribution in [0.3, 0.4) is 0 Å². The normalized spacial score (nSPS) is 13.3. The van der Waals surface area contributed by atoms with Crippen LogP contribution in [-0.4, -0.2) is 9.97 Å². The predicted octanol–water partition coefficient (Wildman–Crippen LogP) is 11.2. The second-order valence-electron chi connectivity index (χ2n) is 12.6. The van der Waals surface area contributed by atoms with Crippen LogP contribution in [0.4, 0.5) is 0 Å². The zero-order valence-electron chi connectivity index (χ0n) is 25.3. The van der Waals surface area contributed by atoms with Gasteiger partial charge in [0.15, 0.2) is 0 Å². The van der Waals surface area contributed by atoms with E-state index in [0.29, 0.717) is 0 Å². The number of fused-ring (bicyclic) bond motifs is 6. The summed E-state index contributed by atoms with van der Waals surface area (Å²) in [5.41, 5.74) is 11.9. The van der Waals surface area contributed by atoms with Crippen LogP contribution in [0, 0.1) is 0 Å². The summed E-state index contributed by atoms with van der Waals surface area (Å²) in [6.07, 6.45) is 3.84. The Labute approximate surface area is 262 Å². The fraction of sp³-hybridized carbons (Fsp3) is 0.0698. The zero-order valence-corrected chi connectivity index (χ0v) is 25.3. The third-order valence-corrected chi connectivity index (χ3v) is 9.76. The van der Waals surface area contributed by atoms with Crippen molar-refractivity contribution in [3.63, 3.8) is 0 Å². The molecule has 0 saturated carbocycles. The van der Waals surface area contributed by atoms with Gasteiger partial charge >= 0.3 is 0 Å². The van der Waals surface area contributed by atoms with Gasteiger partial charge in [-0.1, -0.05) is 117 Å². The standard InChI is InChI=1S/C43H30N2/c1-43(2)37-19-8-7-15-30(37)34-24-35-36(25-38(34)43)42(31-18-11-13-27-12-3-4-14-29(27)31)33-17-6-5-16-32(33)41(35)28-21-22-40(45-26-28)39-20-9-10-23-44-39/h3-26H,1-2H3. The van der Waals surface area contributed by atoms with Crippen LogP contribution in [0.15, 0.2) is 146 Å². The third kappa shape index (κ3) is 3.82. The first-order valence-corrected chi connectivity index (χ1v) is 15.6. The zero-order chi connectivity index (χ0) is 30.1. The van der Waals surface area contributed by atoms with Gasteiger partial charge in [0.05, 0.1) is 11.4 Å². The van der Waals surface area contributed by atoms with Crippen LogP contribution in [0.2, 0.25) is 0 Å². The van der Waals surface area contributed by atoms with Crippen molar-refractivity contribution >= 4 is 32.3 Å². The number of hydrogen-bond acceptors (Lipinski definition) is 2. The lowest BCUT2D eigenvalue weighted by Crippen LogP contribution is -2.14. The summed E-state index contributed by atoms with van der Waals surface area (Å²) in [7, 11) is 0. The molecule has 0 unspecified atom stereocenters. The first-order chi connectivity index (χ1) is 22.1. The molecular weight excluding hydrogens is 544 g/mol. The highest BCUT2D eigenvalue weighted by Crippen LogP contribution is 2.53. The monoisotopic (exact) mass is 574 g/mol. The highest BCUT2D eigenvalue weighted by atomic mass is 14.8. The third-order valence-electron chi connectivity index (χ3n) is 9.76. The highest BCUT2D eigenvalue weighted by molar-refractivity contribution is 6.24. The largest absolute Gasteiger partial charge is 0.255 e. The van der Waals surface area contributed by atoms with Crippen LogP contribution >= 0.6 is 0 Å². The molecule has 0 atom stereocenters. The molecule has 0 radical (unpaired) electrons. The van der Waals surface area contributed by atoms with Crippen molar-refractivity contribution in [1.29, 1.82) is 0 Å².